The number of aromatic nitrogens is 4. The molecule has 16 heteroatoms. The molecule has 1 N–H and O–H groups in total. The molecular formula is C34H28ClN6O8S+. The van der Waals surface area contributed by atoms with Crippen molar-refractivity contribution >= 4 is 44.6 Å². The summed E-state index contributed by atoms with van der Waals surface area (Å²) in [7, 11) is -2.34. The molecular weight excluding hydrogens is 688 g/mol. The van der Waals surface area contributed by atoms with E-state index in [0.29, 0.717) is 22.9 Å². The van der Waals surface area contributed by atoms with Gasteiger partial charge in [0.2, 0.25) is 12.5 Å². The lowest BCUT2D eigenvalue weighted by atomic mass is 9.95. The van der Waals surface area contributed by atoms with E-state index >= 15 is 0 Å². The molecule has 6 aromatic rings. The number of aryl methyl sites for hydroxylation is 2. The highest BCUT2D eigenvalue weighted by Crippen LogP contribution is 2.42. The van der Waals surface area contributed by atoms with E-state index in [1.807, 2.05) is 18.2 Å². The van der Waals surface area contributed by atoms with E-state index in [-0.39, 0.29) is 42.1 Å². The number of hydrogen-bond acceptors (Lipinski definition) is 10. The number of nitro groups is 1. The van der Waals surface area contributed by atoms with Crippen LogP contribution in [0.25, 0.3) is 27.7 Å². The number of rotatable bonds is 9. The van der Waals surface area contributed by atoms with Crippen molar-refractivity contribution in [1.29, 1.82) is 0 Å². The lowest BCUT2D eigenvalue weighted by Gasteiger charge is -2.17. The number of sulfonamides is 1. The topological polar surface area (TPSA) is 161 Å². The maximum absolute atomic E-state index is 12.9. The van der Waals surface area contributed by atoms with Gasteiger partial charge in [-0.1, -0.05) is 5.21 Å². The molecule has 0 saturated heterocycles. The van der Waals surface area contributed by atoms with Crippen LogP contribution < -0.4 is 28.2 Å². The Kier molecular flexibility index (Phi) is 8.37. The molecule has 50 heavy (non-hydrogen) atoms. The monoisotopic (exact) mass is 715 g/mol. The van der Waals surface area contributed by atoms with Crippen molar-refractivity contribution in [2.75, 3.05) is 18.6 Å². The van der Waals surface area contributed by atoms with Crippen LogP contribution in [0, 0.1) is 10.1 Å². The third-order valence-electron chi connectivity index (χ3n) is 8.44. The van der Waals surface area contributed by atoms with Crippen LogP contribution in [-0.4, -0.2) is 42.2 Å². The van der Waals surface area contributed by atoms with Crippen molar-refractivity contribution in [2.24, 2.45) is 0 Å². The molecule has 8 rings (SSSR count). The van der Waals surface area contributed by atoms with Crippen molar-refractivity contribution in [1.82, 2.24) is 15.0 Å². The third-order valence-corrected chi connectivity index (χ3v) is 9.84. The highest BCUT2D eigenvalue weighted by molar-refractivity contribution is 7.92. The Morgan fingerprint density at radius 2 is 1.78 bits per heavy atom. The molecule has 0 radical (unpaired) electrons. The number of benzene rings is 4. The summed E-state index contributed by atoms with van der Waals surface area (Å²) < 4.78 is 55.2. The molecule has 14 nitrogen and oxygen atoms in total. The summed E-state index contributed by atoms with van der Waals surface area (Å²) in [6, 6.07) is 21.3. The minimum absolute atomic E-state index is 0. The first-order valence-corrected chi connectivity index (χ1v) is 16.6. The normalized spacial score (nSPS) is 12.8. The first-order chi connectivity index (χ1) is 23.8. The molecule has 2 aliphatic rings. The molecule has 254 valence electrons. The predicted molar refractivity (Wildman–Crippen MR) is 183 cm³/mol. The van der Waals surface area contributed by atoms with Gasteiger partial charge in [-0.05, 0) is 71.6 Å². The number of hydrogen-bond donors (Lipinski definition) is 1. The van der Waals surface area contributed by atoms with Gasteiger partial charge < -0.3 is 18.9 Å². The number of fused-ring (bicyclic) bond motifs is 5. The van der Waals surface area contributed by atoms with Gasteiger partial charge in [-0.3, -0.25) is 14.8 Å². The summed E-state index contributed by atoms with van der Waals surface area (Å²) in [5.41, 5.74) is 4.60. The standard InChI is InChI=1S/C34H27N6O8S.ClH/c1-45-31-11-2-21-14-30-28-16-33-32(47-20-48-33)15-22(28)12-13-38(30)18-29(21)34(31)46-19-24-17-39(37-35-24)25-7-9-27(10-8-25)49(43,44)36-23-3-5-26(6-4-23)40(41)42;/h2-11,14-18,36H,12-13,19-20H2,1H3;1H/q+1;. The van der Waals surface area contributed by atoms with Gasteiger partial charge in [-0.2, -0.15) is 4.57 Å². The minimum Gasteiger partial charge on any atom is -0.493 e. The maximum Gasteiger partial charge on any atom is 0.269 e. The first kappa shape index (κ1) is 32.6. The molecule has 0 atom stereocenters. The molecule has 0 bridgehead atoms. The quantitative estimate of drug-likeness (QED) is 0.117. The first-order valence-electron chi connectivity index (χ1n) is 15.1. The zero-order valence-corrected chi connectivity index (χ0v) is 27.9. The predicted octanol–water partition coefficient (Wildman–Crippen LogP) is 5.38. The van der Waals surface area contributed by atoms with Gasteiger partial charge in [-0.15, -0.1) is 17.5 Å². The van der Waals surface area contributed by atoms with Gasteiger partial charge in [0.1, 0.15) is 12.3 Å². The van der Waals surface area contributed by atoms with Gasteiger partial charge >= 0.3 is 0 Å². The Balaban J connectivity index is 0.00000392. The van der Waals surface area contributed by atoms with E-state index in [4.69, 9.17) is 18.9 Å². The fraction of sp³-hybridized carbons (Fsp3) is 0.147. The minimum atomic E-state index is -3.94. The van der Waals surface area contributed by atoms with Crippen molar-refractivity contribution in [3.8, 4) is 39.9 Å². The smallest absolute Gasteiger partial charge is 0.269 e. The Labute approximate surface area is 291 Å². The fourth-order valence-corrected chi connectivity index (χ4v) is 7.05. The largest absolute Gasteiger partial charge is 0.493 e. The Morgan fingerprint density at radius 3 is 2.52 bits per heavy atom. The Bertz CT molecular complexity index is 2390. The summed E-state index contributed by atoms with van der Waals surface area (Å²) in [4.78, 5) is 10.3. The summed E-state index contributed by atoms with van der Waals surface area (Å²) >= 11 is 0. The number of nitro benzene ring substituents is 1. The van der Waals surface area contributed by atoms with Crippen molar-refractivity contribution in [2.45, 2.75) is 24.5 Å². The number of nitrogens with one attached hydrogen (secondary N) is 1. The molecule has 0 fully saturated rings. The lowest BCUT2D eigenvalue weighted by Crippen LogP contribution is -2.40. The molecule has 2 aromatic heterocycles. The summed E-state index contributed by atoms with van der Waals surface area (Å²) in [6.45, 7) is 1.12. The van der Waals surface area contributed by atoms with Crippen LogP contribution in [0.4, 0.5) is 11.4 Å². The van der Waals surface area contributed by atoms with E-state index in [1.54, 1.807) is 25.4 Å². The molecule has 2 aliphatic heterocycles. The van der Waals surface area contributed by atoms with Crippen LogP contribution in [0.2, 0.25) is 0 Å². The number of nitrogens with zero attached hydrogens (tertiary/aromatic N) is 5. The molecule has 0 saturated carbocycles. The zero-order valence-electron chi connectivity index (χ0n) is 26.3. The zero-order chi connectivity index (χ0) is 33.7. The van der Waals surface area contributed by atoms with Crippen molar-refractivity contribution in [3.05, 3.63) is 113 Å². The Morgan fingerprint density at radius 1 is 1.02 bits per heavy atom. The van der Waals surface area contributed by atoms with Gasteiger partial charge in [0.15, 0.2) is 35.7 Å². The number of methoxy groups -OCH3 is 1. The SMILES string of the molecule is COc1ccc2cc3[n+](cc2c1OCc1cn(-c2ccc(S(=O)(=O)Nc4ccc([N+](=O)[O-])cc4)cc2)nn1)CCc1cc2c(cc1-3)OCO2.Cl. The fourth-order valence-electron chi connectivity index (χ4n) is 5.99. The van der Waals surface area contributed by atoms with Crippen molar-refractivity contribution < 1.29 is 36.9 Å². The second-order valence-electron chi connectivity index (χ2n) is 11.4. The van der Waals surface area contributed by atoms with Gasteiger partial charge in [-0.25, -0.2) is 13.1 Å². The third kappa shape index (κ3) is 5.97. The highest BCUT2D eigenvalue weighted by atomic mass is 35.5. The summed E-state index contributed by atoms with van der Waals surface area (Å²) in [6.07, 6.45) is 4.63. The average Bonchev–Trinajstić information content (AvgIpc) is 3.78. The molecule has 0 unspecified atom stereocenters. The van der Waals surface area contributed by atoms with Crippen LogP contribution in [0.5, 0.6) is 23.0 Å². The van der Waals surface area contributed by atoms with E-state index in [1.165, 1.54) is 46.6 Å². The molecule has 0 spiro atoms. The second kappa shape index (κ2) is 12.8. The highest BCUT2D eigenvalue weighted by Gasteiger charge is 2.29. The van der Waals surface area contributed by atoms with E-state index < -0.39 is 14.9 Å². The average molecular weight is 716 g/mol. The number of ether oxygens (including phenoxy) is 4. The number of non-ortho nitro benzene ring substituents is 1. The van der Waals surface area contributed by atoms with Crippen LogP contribution in [0.15, 0.2) is 96.2 Å². The van der Waals surface area contributed by atoms with Crippen LogP contribution >= 0.6 is 12.4 Å². The molecule has 0 amide bonds. The maximum atomic E-state index is 12.9. The van der Waals surface area contributed by atoms with Crippen LogP contribution in [0.3, 0.4) is 0 Å². The number of halogens is 1. The van der Waals surface area contributed by atoms with Crippen LogP contribution in [0.1, 0.15) is 11.3 Å². The van der Waals surface area contributed by atoms with Gasteiger partial charge in [0.25, 0.3) is 15.7 Å². The number of anilines is 1. The molecule has 4 aromatic carbocycles. The van der Waals surface area contributed by atoms with Crippen molar-refractivity contribution in [3.63, 3.8) is 0 Å². The second-order valence-corrected chi connectivity index (χ2v) is 13.1. The molecule has 0 aliphatic carbocycles. The number of pyridine rings is 1. The van der Waals surface area contributed by atoms with E-state index in [9.17, 15) is 18.5 Å². The van der Waals surface area contributed by atoms with Gasteiger partial charge in [0, 0.05) is 30.3 Å². The van der Waals surface area contributed by atoms with Crippen LogP contribution in [-0.2, 0) is 29.6 Å². The lowest BCUT2D eigenvalue weighted by molar-refractivity contribution is -0.686. The summed E-state index contributed by atoms with van der Waals surface area (Å²) in [5, 5.41) is 21.2. The summed E-state index contributed by atoms with van der Waals surface area (Å²) in [5.74, 6) is 2.69. The van der Waals surface area contributed by atoms with E-state index in [2.05, 4.69) is 37.9 Å². The molecule has 4 heterocycles. The Hall–Kier alpha value is -5.93. The van der Waals surface area contributed by atoms with E-state index in [0.717, 1.165) is 46.5 Å². The van der Waals surface area contributed by atoms with Gasteiger partial charge in [0.05, 0.1) is 39.8 Å².